The number of halogens is 1. The topological polar surface area (TPSA) is 75.2 Å². The summed E-state index contributed by atoms with van der Waals surface area (Å²) in [5.41, 5.74) is 1.81. The molecule has 0 saturated heterocycles. The highest BCUT2D eigenvalue weighted by Crippen LogP contribution is 2.20. The molecule has 0 radical (unpaired) electrons. The predicted molar refractivity (Wildman–Crippen MR) is 120 cm³/mol. The normalized spacial score (nSPS) is 10.9. The minimum Gasteiger partial charge on any atom is -0.492 e. The Balaban J connectivity index is 1.56. The molecule has 0 aliphatic heterocycles. The number of aromatic nitrogens is 3. The van der Waals surface area contributed by atoms with E-state index >= 15 is 0 Å². The molecular weight excluding hydrogens is 422 g/mol. The maximum atomic E-state index is 12.5. The summed E-state index contributed by atoms with van der Waals surface area (Å²) in [5, 5.41) is 10.5. The summed E-state index contributed by atoms with van der Waals surface area (Å²) in [6, 6.07) is 14.9. The molecule has 3 rings (SSSR count). The summed E-state index contributed by atoms with van der Waals surface area (Å²) < 4.78 is 7.73. The summed E-state index contributed by atoms with van der Waals surface area (Å²) in [7, 11) is 4.01. The molecule has 1 heterocycles. The van der Waals surface area contributed by atoms with Crippen LogP contribution in [-0.4, -0.2) is 52.8 Å². The van der Waals surface area contributed by atoms with Crippen LogP contribution in [0.1, 0.15) is 5.56 Å². The second kappa shape index (κ2) is 10.4. The minimum atomic E-state index is -0.158. The molecule has 0 spiro atoms. The molecule has 2 N–H and O–H groups in total. The number of nitrogens with one attached hydrogen (secondary N) is 2. The number of hydrogen-bond acceptors (Lipinski definition) is 5. The average Bonchev–Trinajstić information content (AvgIpc) is 3.08. The van der Waals surface area contributed by atoms with Gasteiger partial charge in [-0.1, -0.05) is 23.7 Å². The Kier molecular flexibility index (Phi) is 7.62. The molecule has 0 aliphatic rings. The quantitative estimate of drug-likeness (QED) is 0.493. The van der Waals surface area contributed by atoms with Gasteiger partial charge in [0.2, 0.25) is 5.91 Å². The second-order valence-electron chi connectivity index (χ2n) is 7.02. The summed E-state index contributed by atoms with van der Waals surface area (Å²) in [5.74, 6) is 1.24. The van der Waals surface area contributed by atoms with Crippen molar-refractivity contribution in [2.45, 2.75) is 13.1 Å². The van der Waals surface area contributed by atoms with Crippen LogP contribution in [0.2, 0.25) is 5.02 Å². The van der Waals surface area contributed by atoms with Crippen LogP contribution in [0, 0.1) is 4.77 Å². The first-order valence-electron chi connectivity index (χ1n) is 9.46. The molecule has 0 aliphatic carbocycles. The first-order chi connectivity index (χ1) is 14.4. The van der Waals surface area contributed by atoms with Gasteiger partial charge < -0.3 is 15.0 Å². The third-order valence-electron chi connectivity index (χ3n) is 4.38. The van der Waals surface area contributed by atoms with E-state index in [1.807, 2.05) is 50.5 Å². The lowest BCUT2D eigenvalue weighted by molar-refractivity contribution is -0.121. The molecule has 9 heteroatoms. The first-order valence-corrected chi connectivity index (χ1v) is 10.3. The molecule has 0 fully saturated rings. The summed E-state index contributed by atoms with van der Waals surface area (Å²) in [4.78, 5) is 14.5. The van der Waals surface area contributed by atoms with Gasteiger partial charge in [-0.3, -0.25) is 14.5 Å². The molecule has 30 heavy (non-hydrogen) atoms. The van der Waals surface area contributed by atoms with E-state index in [0.717, 1.165) is 23.4 Å². The van der Waals surface area contributed by atoms with Crippen LogP contribution >= 0.6 is 23.8 Å². The van der Waals surface area contributed by atoms with Gasteiger partial charge in [0.05, 0.1) is 0 Å². The Morgan fingerprint density at radius 2 is 1.90 bits per heavy atom. The number of hydrogen-bond donors (Lipinski definition) is 2. The number of ether oxygens (including phenoxy) is 1. The van der Waals surface area contributed by atoms with E-state index in [4.69, 9.17) is 28.6 Å². The van der Waals surface area contributed by atoms with E-state index in [9.17, 15) is 4.79 Å². The number of nitrogens with zero attached hydrogens (tertiary/aromatic N) is 3. The van der Waals surface area contributed by atoms with E-state index in [-0.39, 0.29) is 12.5 Å². The van der Waals surface area contributed by atoms with Crippen LogP contribution < -0.4 is 10.1 Å². The number of aromatic amines is 1. The number of likely N-dealkylation sites (N-methyl/N-ethyl adjacent to an activating group) is 1. The number of H-pyrrole nitrogens is 1. The molecule has 158 valence electrons. The Labute approximate surface area is 185 Å². The fourth-order valence-electron chi connectivity index (χ4n) is 2.73. The Hall–Kier alpha value is -2.68. The van der Waals surface area contributed by atoms with Crippen molar-refractivity contribution in [3.8, 4) is 17.1 Å². The van der Waals surface area contributed by atoms with Gasteiger partial charge in [0.1, 0.15) is 18.9 Å². The maximum absolute atomic E-state index is 12.5. The Morgan fingerprint density at radius 1 is 1.20 bits per heavy atom. The van der Waals surface area contributed by atoms with Crippen molar-refractivity contribution < 1.29 is 9.53 Å². The second-order valence-corrected chi connectivity index (χ2v) is 7.84. The highest BCUT2D eigenvalue weighted by molar-refractivity contribution is 7.71. The highest BCUT2D eigenvalue weighted by Gasteiger charge is 2.12. The molecule has 1 amide bonds. The fourth-order valence-corrected chi connectivity index (χ4v) is 3.06. The fraction of sp³-hybridized carbons (Fsp3) is 0.286. The molecule has 7 nitrogen and oxygen atoms in total. The van der Waals surface area contributed by atoms with Gasteiger partial charge in [-0.15, -0.1) is 0 Å². The first kappa shape index (κ1) is 22.0. The SMILES string of the molecule is CN(C)CCOc1ccc(CNC(=O)Cn2c(-c3ccc(Cl)cc3)n[nH]c2=S)cc1. The van der Waals surface area contributed by atoms with Crippen LogP contribution in [0.3, 0.4) is 0 Å². The van der Waals surface area contributed by atoms with Crippen LogP contribution in [0.15, 0.2) is 48.5 Å². The van der Waals surface area contributed by atoms with E-state index in [1.54, 1.807) is 16.7 Å². The zero-order valence-corrected chi connectivity index (χ0v) is 18.5. The van der Waals surface area contributed by atoms with E-state index in [0.29, 0.717) is 28.8 Å². The lowest BCUT2D eigenvalue weighted by atomic mass is 10.2. The van der Waals surface area contributed by atoms with Crippen molar-refractivity contribution >= 4 is 29.7 Å². The van der Waals surface area contributed by atoms with Gasteiger partial charge in [0.15, 0.2) is 10.6 Å². The number of benzene rings is 2. The lowest BCUT2D eigenvalue weighted by Crippen LogP contribution is -2.27. The van der Waals surface area contributed by atoms with Gasteiger partial charge in [-0.05, 0) is 68.3 Å². The average molecular weight is 446 g/mol. The van der Waals surface area contributed by atoms with E-state index < -0.39 is 0 Å². The lowest BCUT2D eigenvalue weighted by Gasteiger charge is -2.11. The molecule has 3 aromatic rings. The Morgan fingerprint density at radius 3 is 2.57 bits per heavy atom. The molecule has 0 bridgehead atoms. The van der Waals surface area contributed by atoms with Crippen molar-refractivity contribution in [2.75, 3.05) is 27.2 Å². The Bertz CT molecular complexity index is 1030. The largest absolute Gasteiger partial charge is 0.492 e. The van der Waals surface area contributed by atoms with Crippen LogP contribution in [-0.2, 0) is 17.9 Å². The number of carbonyl (C=O) groups is 1. The smallest absolute Gasteiger partial charge is 0.240 e. The van der Waals surface area contributed by atoms with Crippen molar-refractivity contribution in [2.24, 2.45) is 0 Å². The number of rotatable bonds is 9. The standard InChI is InChI=1S/C21H24ClN5O2S/c1-26(2)11-12-29-18-9-3-15(4-10-18)13-23-19(28)14-27-20(24-25-21(27)30)16-5-7-17(22)8-6-16/h3-10H,11-14H2,1-2H3,(H,23,28)(H,25,30). The molecule has 0 atom stereocenters. The zero-order valence-electron chi connectivity index (χ0n) is 16.9. The molecule has 2 aromatic carbocycles. The van der Waals surface area contributed by atoms with Gasteiger partial charge >= 0.3 is 0 Å². The molecular formula is C21H24ClN5O2S. The van der Waals surface area contributed by atoms with Crippen molar-refractivity contribution in [1.82, 2.24) is 25.0 Å². The molecule has 0 unspecified atom stereocenters. The highest BCUT2D eigenvalue weighted by atomic mass is 35.5. The van der Waals surface area contributed by atoms with Crippen LogP contribution in [0.25, 0.3) is 11.4 Å². The van der Waals surface area contributed by atoms with Crippen molar-refractivity contribution in [1.29, 1.82) is 0 Å². The monoisotopic (exact) mass is 445 g/mol. The maximum Gasteiger partial charge on any atom is 0.240 e. The van der Waals surface area contributed by atoms with E-state index in [1.165, 1.54) is 0 Å². The third kappa shape index (κ3) is 6.16. The van der Waals surface area contributed by atoms with Gasteiger partial charge in [0, 0.05) is 23.7 Å². The summed E-state index contributed by atoms with van der Waals surface area (Å²) in [6.07, 6.45) is 0. The van der Waals surface area contributed by atoms with Gasteiger partial charge in [-0.2, -0.15) is 5.10 Å². The van der Waals surface area contributed by atoms with Gasteiger partial charge in [-0.25, -0.2) is 0 Å². The summed E-state index contributed by atoms with van der Waals surface area (Å²) >= 11 is 11.2. The van der Waals surface area contributed by atoms with Crippen LogP contribution in [0.4, 0.5) is 0 Å². The number of carbonyl (C=O) groups excluding carboxylic acids is 1. The third-order valence-corrected chi connectivity index (χ3v) is 4.95. The van der Waals surface area contributed by atoms with E-state index in [2.05, 4.69) is 20.4 Å². The minimum absolute atomic E-state index is 0.0685. The number of amides is 1. The predicted octanol–water partition coefficient (Wildman–Crippen LogP) is 3.52. The zero-order chi connectivity index (χ0) is 21.5. The summed E-state index contributed by atoms with van der Waals surface area (Å²) in [6.45, 7) is 1.97. The van der Waals surface area contributed by atoms with Crippen molar-refractivity contribution in [3.05, 3.63) is 63.9 Å². The van der Waals surface area contributed by atoms with Gasteiger partial charge in [0.25, 0.3) is 0 Å². The molecule has 0 saturated carbocycles. The molecule has 1 aromatic heterocycles. The van der Waals surface area contributed by atoms with Crippen molar-refractivity contribution in [3.63, 3.8) is 0 Å². The van der Waals surface area contributed by atoms with Crippen LogP contribution in [0.5, 0.6) is 5.75 Å².